The van der Waals surface area contributed by atoms with Crippen LogP contribution < -0.4 is 10.6 Å². The summed E-state index contributed by atoms with van der Waals surface area (Å²) in [5.41, 5.74) is 4.65. The highest BCUT2D eigenvalue weighted by molar-refractivity contribution is 5.87. The number of anilines is 1. The summed E-state index contributed by atoms with van der Waals surface area (Å²) in [5, 5.41) is 6.29. The molecule has 0 aromatic heterocycles. The van der Waals surface area contributed by atoms with Crippen molar-refractivity contribution in [1.29, 1.82) is 0 Å². The average molecular weight is 266 g/mol. The van der Waals surface area contributed by atoms with Crippen LogP contribution in [0.3, 0.4) is 0 Å². The van der Waals surface area contributed by atoms with Crippen LogP contribution in [0.2, 0.25) is 0 Å². The summed E-state index contributed by atoms with van der Waals surface area (Å²) in [6.07, 6.45) is 0.760. The SMILES string of the molecule is Cc1ccccc1CNC(=O)C1Cc2ccccc2N1. The Bertz CT molecular complexity index is 611. The lowest BCUT2D eigenvalue weighted by molar-refractivity contribution is -0.121. The van der Waals surface area contributed by atoms with Crippen LogP contribution in [0.4, 0.5) is 5.69 Å². The highest BCUT2D eigenvalue weighted by Crippen LogP contribution is 2.25. The summed E-state index contributed by atoms with van der Waals surface area (Å²) in [6.45, 7) is 2.64. The minimum atomic E-state index is -0.156. The Morgan fingerprint density at radius 1 is 1.20 bits per heavy atom. The standard InChI is InChI=1S/C17H18N2O/c1-12-6-2-3-8-14(12)11-18-17(20)16-10-13-7-4-5-9-15(13)19-16/h2-9,16,19H,10-11H2,1H3,(H,18,20). The third-order valence-electron chi connectivity index (χ3n) is 3.80. The Labute approximate surface area is 119 Å². The van der Waals surface area contributed by atoms with Gasteiger partial charge in [0.1, 0.15) is 6.04 Å². The van der Waals surface area contributed by atoms with Crippen molar-refractivity contribution >= 4 is 11.6 Å². The second-order valence-corrected chi connectivity index (χ2v) is 5.20. The van der Waals surface area contributed by atoms with E-state index in [0.717, 1.165) is 17.7 Å². The molecule has 0 saturated heterocycles. The molecule has 3 nitrogen and oxygen atoms in total. The molecular weight excluding hydrogens is 248 g/mol. The van der Waals surface area contributed by atoms with Crippen molar-refractivity contribution in [2.75, 3.05) is 5.32 Å². The van der Waals surface area contributed by atoms with Gasteiger partial charge in [-0.2, -0.15) is 0 Å². The molecule has 2 aromatic carbocycles. The molecule has 20 heavy (non-hydrogen) atoms. The maximum atomic E-state index is 12.2. The van der Waals surface area contributed by atoms with Crippen LogP contribution in [0.15, 0.2) is 48.5 Å². The zero-order valence-corrected chi connectivity index (χ0v) is 11.5. The molecule has 1 aliphatic heterocycles. The zero-order chi connectivity index (χ0) is 13.9. The molecule has 0 saturated carbocycles. The average Bonchev–Trinajstić information content (AvgIpc) is 2.90. The summed E-state index contributed by atoms with van der Waals surface area (Å²) in [6, 6.07) is 16.0. The second kappa shape index (κ2) is 5.37. The van der Waals surface area contributed by atoms with Crippen molar-refractivity contribution in [3.05, 3.63) is 65.2 Å². The molecule has 3 rings (SSSR count). The summed E-state index contributed by atoms with van der Waals surface area (Å²) in [4.78, 5) is 12.2. The third kappa shape index (κ3) is 2.52. The molecule has 0 aliphatic carbocycles. The molecule has 1 amide bonds. The molecule has 1 atom stereocenters. The van der Waals surface area contributed by atoms with Gasteiger partial charge in [0.25, 0.3) is 0 Å². The van der Waals surface area contributed by atoms with Gasteiger partial charge in [0.15, 0.2) is 0 Å². The van der Waals surface area contributed by atoms with Crippen molar-refractivity contribution in [2.45, 2.75) is 25.9 Å². The number of carbonyl (C=O) groups excluding carboxylic acids is 1. The monoisotopic (exact) mass is 266 g/mol. The van der Waals surface area contributed by atoms with Crippen LogP contribution in [0.5, 0.6) is 0 Å². The van der Waals surface area contributed by atoms with Crippen LogP contribution in [0.1, 0.15) is 16.7 Å². The van der Waals surface area contributed by atoms with Crippen molar-refractivity contribution in [1.82, 2.24) is 5.32 Å². The molecule has 0 spiro atoms. The predicted octanol–water partition coefficient (Wildman–Crippen LogP) is 2.65. The van der Waals surface area contributed by atoms with Crippen LogP contribution in [0, 0.1) is 6.92 Å². The number of aryl methyl sites for hydroxylation is 1. The molecule has 1 aliphatic rings. The molecule has 0 fully saturated rings. The zero-order valence-electron chi connectivity index (χ0n) is 11.5. The van der Waals surface area contributed by atoms with E-state index in [2.05, 4.69) is 29.7 Å². The fourth-order valence-corrected chi connectivity index (χ4v) is 2.57. The second-order valence-electron chi connectivity index (χ2n) is 5.20. The normalized spacial score (nSPS) is 16.4. The number of amides is 1. The topological polar surface area (TPSA) is 41.1 Å². The lowest BCUT2D eigenvalue weighted by atomic mass is 10.1. The minimum Gasteiger partial charge on any atom is -0.373 e. The van der Waals surface area contributed by atoms with Crippen LogP contribution in [-0.2, 0) is 17.8 Å². The highest BCUT2D eigenvalue weighted by Gasteiger charge is 2.25. The molecule has 3 heteroatoms. The molecule has 0 bridgehead atoms. The smallest absolute Gasteiger partial charge is 0.243 e. The van der Waals surface area contributed by atoms with E-state index < -0.39 is 0 Å². The molecule has 0 radical (unpaired) electrons. The maximum absolute atomic E-state index is 12.2. The first kappa shape index (κ1) is 12.7. The summed E-state index contributed by atoms with van der Waals surface area (Å²) in [7, 11) is 0. The van der Waals surface area contributed by atoms with E-state index in [9.17, 15) is 4.79 Å². The van der Waals surface area contributed by atoms with Gasteiger partial charge in [-0.25, -0.2) is 0 Å². The number of hydrogen-bond acceptors (Lipinski definition) is 2. The van der Waals surface area contributed by atoms with Crippen molar-refractivity contribution in [3.8, 4) is 0 Å². The van der Waals surface area contributed by atoms with Gasteiger partial charge in [-0.1, -0.05) is 42.5 Å². The molecular formula is C17H18N2O. The fraction of sp³-hybridized carbons (Fsp3) is 0.235. The molecule has 102 valence electrons. The Morgan fingerprint density at radius 2 is 1.95 bits per heavy atom. The number of benzene rings is 2. The number of nitrogens with one attached hydrogen (secondary N) is 2. The Morgan fingerprint density at radius 3 is 2.75 bits per heavy atom. The molecule has 1 heterocycles. The van der Waals surface area contributed by atoms with Crippen LogP contribution in [0.25, 0.3) is 0 Å². The summed E-state index contributed by atoms with van der Waals surface area (Å²) >= 11 is 0. The van der Waals surface area contributed by atoms with Crippen LogP contribution >= 0.6 is 0 Å². The Kier molecular flexibility index (Phi) is 3.42. The third-order valence-corrected chi connectivity index (χ3v) is 3.80. The first-order chi connectivity index (χ1) is 9.74. The van der Waals surface area contributed by atoms with Crippen molar-refractivity contribution < 1.29 is 4.79 Å². The van der Waals surface area contributed by atoms with E-state index in [1.165, 1.54) is 11.1 Å². The fourth-order valence-electron chi connectivity index (χ4n) is 2.57. The first-order valence-corrected chi connectivity index (χ1v) is 6.91. The van der Waals surface area contributed by atoms with E-state index in [1.54, 1.807) is 0 Å². The van der Waals surface area contributed by atoms with Crippen LogP contribution in [-0.4, -0.2) is 11.9 Å². The van der Waals surface area contributed by atoms with Gasteiger partial charge < -0.3 is 10.6 Å². The van der Waals surface area contributed by atoms with E-state index in [-0.39, 0.29) is 11.9 Å². The van der Waals surface area contributed by atoms with Gasteiger partial charge in [0.05, 0.1) is 0 Å². The largest absolute Gasteiger partial charge is 0.373 e. The van der Waals surface area contributed by atoms with Gasteiger partial charge in [-0.15, -0.1) is 0 Å². The maximum Gasteiger partial charge on any atom is 0.243 e. The molecule has 2 N–H and O–H groups in total. The molecule has 2 aromatic rings. The lowest BCUT2D eigenvalue weighted by Gasteiger charge is -2.13. The van der Waals surface area contributed by atoms with E-state index >= 15 is 0 Å². The van der Waals surface area contributed by atoms with Crippen molar-refractivity contribution in [3.63, 3.8) is 0 Å². The van der Waals surface area contributed by atoms with E-state index in [0.29, 0.717) is 6.54 Å². The lowest BCUT2D eigenvalue weighted by Crippen LogP contribution is -2.38. The van der Waals surface area contributed by atoms with E-state index in [1.807, 2.05) is 36.4 Å². The Hall–Kier alpha value is -2.29. The van der Waals surface area contributed by atoms with E-state index in [4.69, 9.17) is 0 Å². The van der Waals surface area contributed by atoms with Gasteiger partial charge >= 0.3 is 0 Å². The predicted molar refractivity (Wildman–Crippen MR) is 80.6 cm³/mol. The van der Waals surface area contributed by atoms with Gasteiger partial charge in [-0.05, 0) is 29.7 Å². The summed E-state index contributed by atoms with van der Waals surface area (Å²) < 4.78 is 0. The van der Waals surface area contributed by atoms with Gasteiger partial charge in [0, 0.05) is 18.7 Å². The number of hydrogen-bond donors (Lipinski definition) is 2. The quantitative estimate of drug-likeness (QED) is 0.896. The number of carbonyl (C=O) groups is 1. The Balaban J connectivity index is 1.61. The number of rotatable bonds is 3. The summed E-state index contributed by atoms with van der Waals surface area (Å²) in [5.74, 6) is 0.0597. The van der Waals surface area contributed by atoms with Crippen molar-refractivity contribution in [2.24, 2.45) is 0 Å². The number of para-hydroxylation sites is 1. The highest BCUT2D eigenvalue weighted by atomic mass is 16.2. The minimum absolute atomic E-state index is 0.0597. The first-order valence-electron chi connectivity index (χ1n) is 6.91. The van der Waals surface area contributed by atoms with Gasteiger partial charge in [-0.3, -0.25) is 4.79 Å². The number of fused-ring (bicyclic) bond motifs is 1. The molecule has 1 unspecified atom stereocenters. The van der Waals surface area contributed by atoms with Gasteiger partial charge in [0.2, 0.25) is 5.91 Å².